The minimum absolute atomic E-state index is 0.139. The molecule has 1 aromatic heterocycles. The molecule has 0 saturated heterocycles. The molecule has 1 saturated carbocycles. The summed E-state index contributed by atoms with van der Waals surface area (Å²) in [6, 6.07) is 6.78. The van der Waals surface area contributed by atoms with Gasteiger partial charge in [0.2, 0.25) is 5.91 Å². The zero-order chi connectivity index (χ0) is 18.8. The van der Waals surface area contributed by atoms with E-state index in [2.05, 4.69) is 5.10 Å². The van der Waals surface area contributed by atoms with E-state index in [-0.39, 0.29) is 11.7 Å². The first-order chi connectivity index (χ1) is 12.3. The number of amides is 1. The zero-order valence-electron chi connectivity index (χ0n) is 16.0. The lowest BCUT2D eigenvalue weighted by Crippen LogP contribution is -2.40. The van der Waals surface area contributed by atoms with Gasteiger partial charge in [0.15, 0.2) is 0 Å². The molecule has 1 aliphatic rings. The molecule has 1 fully saturated rings. The van der Waals surface area contributed by atoms with Crippen LogP contribution in [-0.2, 0) is 24.9 Å². The van der Waals surface area contributed by atoms with Crippen LogP contribution in [0.5, 0.6) is 0 Å². The van der Waals surface area contributed by atoms with E-state index in [0.717, 1.165) is 35.4 Å². The van der Waals surface area contributed by atoms with Gasteiger partial charge in [0.1, 0.15) is 5.82 Å². The number of aromatic nitrogens is 2. The molecule has 1 aliphatic carbocycles. The third-order valence-corrected chi connectivity index (χ3v) is 5.07. The van der Waals surface area contributed by atoms with Crippen molar-refractivity contribution in [3.8, 4) is 0 Å². The van der Waals surface area contributed by atoms with E-state index in [0.29, 0.717) is 25.7 Å². The van der Waals surface area contributed by atoms with Crippen molar-refractivity contribution in [1.29, 1.82) is 0 Å². The molecule has 0 spiro atoms. The SMILES string of the molecule is Cc1nn(C)c(C)c1CN(C(=O)CN(C)Cc1ccc(F)cc1)C1CC1. The van der Waals surface area contributed by atoms with Crippen LogP contribution in [0.4, 0.5) is 4.39 Å². The molecule has 5 nitrogen and oxygen atoms in total. The third-order valence-electron chi connectivity index (χ3n) is 5.07. The van der Waals surface area contributed by atoms with Crippen LogP contribution in [0.1, 0.15) is 35.4 Å². The van der Waals surface area contributed by atoms with Gasteiger partial charge in [-0.2, -0.15) is 5.10 Å². The van der Waals surface area contributed by atoms with Crippen molar-refractivity contribution in [2.45, 2.75) is 45.8 Å². The van der Waals surface area contributed by atoms with E-state index >= 15 is 0 Å². The molecule has 0 bridgehead atoms. The lowest BCUT2D eigenvalue weighted by Gasteiger charge is -2.26. The maximum absolute atomic E-state index is 13.0. The van der Waals surface area contributed by atoms with Crippen LogP contribution in [0.25, 0.3) is 0 Å². The summed E-state index contributed by atoms with van der Waals surface area (Å²) in [4.78, 5) is 16.9. The molecule has 0 aliphatic heterocycles. The minimum Gasteiger partial charge on any atom is -0.334 e. The molecule has 2 aromatic rings. The Labute approximate surface area is 154 Å². The van der Waals surface area contributed by atoms with E-state index < -0.39 is 0 Å². The fourth-order valence-corrected chi connectivity index (χ4v) is 3.30. The Bertz CT molecular complexity index is 780. The van der Waals surface area contributed by atoms with Gasteiger partial charge in [0, 0.05) is 37.4 Å². The lowest BCUT2D eigenvalue weighted by atomic mass is 10.1. The Morgan fingerprint density at radius 2 is 1.88 bits per heavy atom. The standard InChI is InChI=1S/C20H27FN4O/c1-14-19(15(2)24(4)22-14)12-25(18-9-10-18)20(26)13-23(3)11-16-5-7-17(21)8-6-16/h5-8,18H,9-13H2,1-4H3. The van der Waals surface area contributed by atoms with Gasteiger partial charge in [-0.15, -0.1) is 0 Å². The Kier molecular flexibility index (Phi) is 5.41. The number of likely N-dealkylation sites (N-methyl/N-ethyl adjacent to an activating group) is 1. The first-order valence-electron chi connectivity index (χ1n) is 9.06. The number of carbonyl (C=O) groups is 1. The van der Waals surface area contributed by atoms with Crippen LogP contribution in [0.3, 0.4) is 0 Å². The van der Waals surface area contributed by atoms with Gasteiger partial charge in [-0.1, -0.05) is 12.1 Å². The summed E-state index contributed by atoms with van der Waals surface area (Å²) in [6.45, 7) is 5.64. The van der Waals surface area contributed by atoms with E-state index in [9.17, 15) is 9.18 Å². The van der Waals surface area contributed by atoms with Crippen LogP contribution in [0.2, 0.25) is 0 Å². The molecule has 3 rings (SSSR count). The number of rotatable bonds is 7. The predicted octanol–water partition coefficient (Wildman–Crippen LogP) is 2.80. The number of benzene rings is 1. The van der Waals surface area contributed by atoms with Crippen molar-refractivity contribution >= 4 is 5.91 Å². The molecule has 1 aromatic carbocycles. The third kappa shape index (κ3) is 4.30. The van der Waals surface area contributed by atoms with Crippen molar-refractivity contribution in [2.24, 2.45) is 7.05 Å². The monoisotopic (exact) mass is 358 g/mol. The van der Waals surface area contributed by atoms with Crippen molar-refractivity contribution in [3.63, 3.8) is 0 Å². The average molecular weight is 358 g/mol. The van der Waals surface area contributed by atoms with Crippen LogP contribution in [0, 0.1) is 19.7 Å². The second kappa shape index (κ2) is 7.58. The molecule has 0 radical (unpaired) electrons. The summed E-state index contributed by atoms with van der Waals surface area (Å²) >= 11 is 0. The highest BCUT2D eigenvalue weighted by Crippen LogP contribution is 2.29. The van der Waals surface area contributed by atoms with Crippen molar-refractivity contribution in [3.05, 3.63) is 52.6 Å². The topological polar surface area (TPSA) is 41.4 Å². The van der Waals surface area contributed by atoms with Crippen LogP contribution >= 0.6 is 0 Å². The first-order valence-corrected chi connectivity index (χ1v) is 9.06. The Hall–Kier alpha value is -2.21. The maximum atomic E-state index is 13.0. The normalized spacial score (nSPS) is 14.1. The summed E-state index contributed by atoms with van der Waals surface area (Å²) in [5, 5.41) is 4.46. The van der Waals surface area contributed by atoms with Gasteiger partial charge in [-0.25, -0.2) is 4.39 Å². The average Bonchev–Trinajstić information content (AvgIpc) is 3.38. The molecule has 6 heteroatoms. The van der Waals surface area contributed by atoms with E-state index in [1.807, 2.05) is 42.4 Å². The van der Waals surface area contributed by atoms with Crippen molar-refractivity contribution in [1.82, 2.24) is 19.6 Å². The van der Waals surface area contributed by atoms with E-state index in [1.54, 1.807) is 12.1 Å². The second-order valence-electron chi connectivity index (χ2n) is 7.32. The summed E-state index contributed by atoms with van der Waals surface area (Å²) in [7, 11) is 3.86. The summed E-state index contributed by atoms with van der Waals surface area (Å²) < 4.78 is 14.9. The van der Waals surface area contributed by atoms with Gasteiger partial charge >= 0.3 is 0 Å². The number of hydrogen-bond donors (Lipinski definition) is 0. The lowest BCUT2D eigenvalue weighted by molar-refractivity contribution is -0.133. The highest BCUT2D eigenvalue weighted by molar-refractivity contribution is 5.79. The van der Waals surface area contributed by atoms with Gasteiger partial charge in [-0.05, 0) is 51.4 Å². The van der Waals surface area contributed by atoms with Crippen LogP contribution in [-0.4, -0.2) is 45.1 Å². The molecule has 0 N–H and O–H groups in total. The van der Waals surface area contributed by atoms with E-state index in [4.69, 9.17) is 0 Å². The van der Waals surface area contributed by atoms with Crippen molar-refractivity contribution < 1.29 is 9.18 Å². The summed E-state index contributed by atoms with van der Waals surface area (Å²) in [5.41, 5.74) is 4.25. The number of halogens is 1. The quantitative estimate of drug-likeness (QED) is 0.764. The Morgan fingerprint density at radius 1 is 1.23 bits per heavy atom. The predicted molar refractivity (Wildman–Crippen MR) is 99.0 cm³/mol. The number of nitrogens with zero attached hydrogens (tertiary/aromatic N) is 4. The molecular weight excluding hydrogens is 331 g/mol. The first kappa shape index (κ1) is 18.6. The maximum Gasteiger partial charge on any atom is 0.237 e. The van der Waals surface area contributed by atoms with Gasteiger partial charge in [0.05, 0.1) is 12.2 Å². The number of hydrogen-bond acceptors (Lipinski definition) is 3. The molecule has 140 valence electrons. The highest BCUT2D eigenvalue weighted by Gasteiger charge is 2.33. The molecular formula is C20H27FN4O. The fraction of sp³-hybridized carbons (Fsp3) is 0.500. The molecule has 1 amide bonds. The Balaban J connectivity index is 1.64. The number of carbonyl (C=O) groups excluding carboxylic acids is 1. The minimum atomic E-state index is -0.241. The highest BCUT2D eigenvalue weighted by atomic mass is 19.1. The van der Waals surface area contributed by atoms with Gasteiger partial charge < -0.3 is 4.90 Å². The molecule has 0 unspecified atom stereocenters. The fourth-order valence-electron chi connectivity index (χ4n) is 3.30. The summed E-state index contributed by atoms with van der Waals surface area (Å²) in [5.74, 6) is -0.102. The Morgan fingerprint density at radius 3 is 2.42 bits per heavy atom. The summed E-state index contributed by atoms with van der Waals surface area (Å²) in [6.07, 6.45) is 2.15. The van der Waals surface area contributed by atoms with E-state index in [1.165, 1.54) is 12.1 Å². The van der Waals surface area contributed by atoms with Crippen LogP contribution in [0.15, 0.2) is 24.3 Å². The molecule has 1 heterocycles. The second-order valence-corrected chi connectivity index (χ2v) is 7.32. The largest absolute Gasteiger partial charge is 0.334 e. The van der Waals surface area contributed by atoms with Gasteiger partial charge in [0.25, 0.3) is 0 Å². The van der Waals surface area contributed by atoms with Gasteiger partial charge in [-0.3, -0.25) is 14.4 Å². The van der Waals surface area contributed by atoms with Crippen molar-refractivity contribution in [2.75, 3.05) is 13.6 Å². The molecule has 0 atom stereocenters. The zero-order valence-corrected chi connectivity index (χ0v) is 16.0. The van der Waals surface area contributed by atoms with Crippen LogP contribution < -0.4 is 0 Å². The number of aryl methyl sites for hydroxylation is 2. The molecule has 26 heavy (non-hydrogen) atoms. The smallest absolute Gasteiger partial charge is 0.237 e.